The standard InChI is InChI=1S/C14H22N2O3/c1-17-13-4-2-3-5-14(13)19-11-12(10-15)16-6-8-18-9-7-16/h2-5,12H,6-11,15H2,1H3. The number of ether oxygens (including phenoxy) is 3. The molecule has 1 unspecified atom stereocenters. The molecular formula is C14H22N2O3. The number of benzene rings is 1. The lowest BCUT2D eigenvalue weighted by atomic mass is 10.2. The Kier molecular flexibility index (Phi) is 5.44. The third kappa shape index (κ3) is 3.83. The van der Waals surface area contributed by atoms with Crippen molar-refractivity contribution in [2.24, 2.45) is 5.73 Å². The summed E-state index contributed by atoms with van der Waals surface area (Å²) in [5.41, 5.74) is 5.84. The van der Waals surface area contributed by atoms with Crippen LogP contribution >= 0.6 is 0 Å². The second-order valence-corrected chi connectivity index (χ2v) is 4.50. The van der Waals surface area contributed by atoms with E-state index in [9.17, 15) is 0 Å². The lowest BCUT2D eigenvalue weighted by Gasteiger charge is -2.33. The number of rotatable bonds is 6. The molecule has 19 heavy (non-hydrogen) atoms. The zero-order chi connectivity index (χ0) is 13.5. The number of nitrogens with two attached hydrogens (primary N) is 1. The van der Waals surface area contributed by atoms with Crippen molar-refractivity contribution in [3.05, 3.63) is 24.3 Å². The number of methoxy groups -OCH3 is 1. The Hall–Kier alpha value is -1.30. The van der Waals surface area contributed by atoms with Crippen LogP contribution in [0.5, 0.6) is 11.5 Å². The molecular weight excluding hydrogens is 244 g/mol. The Bertz CT molecular complexity index is 381. The zero-order valence-electron chi connectivity index (χ0n) is 11.4. The zero-order valence-corrected chi connectivity index (χ0v) is 11.4. The highest BCUT2D eigenvalue weighted by Gasteiger charge is 2.20. The van der Waals surface area contributed by atoms with Crippen LogP contribution in [0.15, 0.2) is 24.3 Å². The van der Waals surface area contributed by atoms with E-state index in [1.807, 2.05) is 24.3 Å². The summed E-state index contributed by atoms with van der Waals surface area (Å²) in [7, 11) is 1.64. The molecule has 1 saturated heterocycles. The van der Waals surface area contributed by atoms with Crippen molar-refractivity contribution < 1.29 is 14.2 Å². The molecule has 1 fully saturated rings. The van der Waals surface area contributed by atoms with Crippen LogP contribution in [0.2, 0.25) is 0 Å². The van der Waals surface area contributed by atoms with E-state index in [4.69, 9.17) is 19.9 Å². The van der Waals surface area contributed by atoms with E-state index in [-0.39, 0.29) is 6.04 Å². The summed E-state index contributed by atoms with van der Waals surface area (Å²) in [4.78, 5) is 2.32. The molecule has 0 saturated carbocycles. The van der Waals surface area contributed by atoms with Crippen molar-refractivity contribution in [2.45, 2.75) is 6.04 Å². The molecule has 5 heteroatoms. The minimum absolute atomic E-state index is 0.216. The highest BCUT2D eigenvalue weighted by Crippen LogP contribution is 2.26. The quantitative estimate of drug-likeness (QED) is 0.823. The Labute approximate surface area is 114 Å². The fourth-order valence-electron chi connectivity index (χ4n) is 2.19. The molecule has 1 aromatic rings. The van der Waals surface area contributed by atoms with Crippen molar-refractivity contribution in [1.29, 1.82) is 0 Å². The fourth-order valence-corrected chi connectivity index (χ4v) is 2.19. The van der Waals surface area contributed by atoms with E-state index in [0.717, 1.165) is 37.8 Å². The second kappa shape index (κ2) is 7.33. The Morgan fingerprint density at radius 3 is 2.58 bits per heavy atom. The maximum Gasteiger partial charge on any atom is 0.161 e. The summed E-state index contributed by atoms with van der Waals surface area (Å²) < 4.78 is 16.5. The van der Waals surface area contributed by atoms with Gasteiger partial charge in [-0.3, -0.25) is 4.90 Å². The Balaban J connectivity index is 1.91. The van der Waals surface area contributed by atoms with Crippen LogP contribution in [0.25, 0.3) is 0 Å². The van der Waals surface area contributed by atoms with E-state index < -0.39 is 0 Å². The van der Waals surface area contributed by atoms with Crippen molar-refractivity contribution in [3.8, 4) is 11.5 Å². The van der Waals surface area contributed by atoms with Crippen molar-refractivity contribution in [3.63, 3.8) is 0 Å². The molecule has 0 aliphatic carbocycles. The summed E-state index contributed by atoms with van der Waals surface area (Å²) in [6.45, 7) is 4.51. The summed E-state index contributed by atoms with van der Waals surface area (Å²) in [6.07, 6.45) is 0. The Morgan fingerprint density at radius 1 is 1.26 bits per heavy atom. The summed E-state index contributed by atoms with van der Waals surface area (Å²) in [5, 5.41) is 0. The van der Waals surface area contributed by atoms with Gasteiger partial charge in [-0.15, -0.1) is 0 Å². The van der Waals surface area contributed by atoms with Gasteiger partial charge >= 0.3 is 0 Å². The Morgan fingerprint density at radius 2 is 1.95 bits per heavy atom. The lowest BCUT2D eigenvalue weighted by molar-refractivity contribution is 0.00804. The first-order chi connectivity index (χ1) is 9.35. The largest absolute Gasteiger partial charge is 0.493 e. The number of hydrogen-bond donors (Lipinski definition) is 1. The minimum Gasteiger partial charge on any atom is -0.493 e. The van der Waals surface area contributed by atoms with Crippen molar-refractivity contribution in [1.82, 2.24) is 4.90 Å². The summed E-state index contributed by atoms with van der Waals surface area (Å²) in [5.74, 6) is 1.51. The van der Waals surface area contributed by atoms with E-state index in [0.29, 0.717) is 13.2 Å². The van der Waals surface area contributed by atoms with Gasteiger partial charge in [-0.25, -0.2) is 0 Å². The minimum atomic E-state index is 0.216. The molecule has 1 atom stereocenters. The van der Waals surface area contributed by atoms with Gasteiger partial charge in [-0.2, -0.15) is 0 Å². The predicted octanol–water partition coefficient (Wildman–Crippen LogP) is 0.733. The molecule has 0 bridgehead atoms. The molecule has 2 N–H and O–H groups in total. The maximum atomic E-state index is 5.85. The van der Waals surface area contributed by atoms with E-state index in [1.54, 1.807) is 7.11 Å². The van der Waals surface area contributed by atoms with Crippen LogP contribution in [0, 0.1) is 0 Å². The van der Waals surface area contributed by atoms with Gasteiger partial charge in [0.1, 0.15) is 6.61 Å². The summed E-state index contributed by atoms with van der Waals surface area (Å²) in [6, 6.07) is 7.87. The molecule has 0 spiro atoms. The van der Waals surface area contributed by atoms with Crippen molar-refractivity contribution >= 4 is 0 Å². The molecule has 0 aromatic heterocycles. The predicted molar refractivity (Wildman–Crippen MR) is 73.7 cm³/mol. The average Bonchev–Trinajstić information content (AvgIpc) is 2.49. The molecule has 0 radical (unpaired) electrons. The highest BCUT2D eigenvalue weighted by molar-refractivity contribution is 5.39. The summed E-state index contributed by atoms with van der Waals surface area (Å²) >= 11 is 0. The lowest BCUT2D eigenvalue weighted by Crippen LogP contribution is -2.49. The molecule has 1 aliphatic heterocycles. The van der Waals surface area contributed by atoms with Crippen LogP contribution in [-0.2, 0) is 4.74 Å². The van der Waals surface area contributed by atoms with Crippen LogP contribution in [0.4, 0.5) is 0 Å². The molecule has 5 nitrogen and oxygen atoms in total. The number of hydrogen-bond acceptors (Lipinski definition) is 5. The maximum absolute atomic E-state index is 5.85. The van der Waals surface area contributed by atoms with Gasteiger partial charge in [0.2, 0.25) is 0 Å². The normalized spacial score (nSPS) is 18.0. The molecule has 2 rings (SSSR count). The van der Waals surface area contributed by atoms with E-state index >= 15 is 0 Å². The van der Waals surface area contributed by atoms with Gasteiger partial charge in [-0.1, -0.05) is 12.1 Å². The monoisotopic (exact) mass is 266 g/mol. The second-order valence-electron chi connectivity index (χ2n) is 4.50. The molecule has 106 valence electrons. The first-order valence-electron chi connectivity index (χ1n) is 6.63. The first kappa shape index (κ1) is 14.1. The molecule has 1 aromatic carbocycles. The van der Waals surface area contributed by atoms with Gasteiger partial charge in [0.15, 0.2) is 11.5 Å². The fraction of sp³-hybridized carbons (Fsp3) is 0.571. The topological polar surface area (TPSA) is 57.0 Å². The molecule has 1 aliphatic rings. The number of para-hydroxylation sites is 2. The van der Waals surface area contributed by atoms with Crippen LogP contribution in [0.3, 0.4) is 0 Å². The first-order valence-corrected chi connectivity index (χ1v) is 6.63. The molecule has 0 amide bonds. The van der Waals surface area contributed by atoms with Crippen LogP contribution in [-0.4, -0.2) is 57.5 Å². The van der Waals surface area contributed by atoms with Gasteiger partial charge < -0.3 is 19.9 Å². The SMILES string of the molecule is COc1ccccc1OCC(CN)N1CCOCC1. The smallest absolute Gasteiger partial charge is 0.161 e. The molecule has 1 heterocycles. The van der Waals surface area contributed by atoms with Gasteiger partial charge in [0.25, 0.3) is 0 Å². The van der Waals surface area contributed by atoms with E-state index in [1.165, 1.54) is 0 Å². The van der Waals surface area contributed by atoms with Crippen molar-refractivity contribution in [2.75, 3.05) is 46.6 Å². The third-order valence-corrected chi connectivity index (χ3v) is 3.33. The van der Waals surface area contributed by atoms with Gasteiger partial charge in [0.05, 0.1) is 26.4 Å². The van der Waals surface area contributed by atoms with Gasteiger partial charge in [-0.05, 0) is 12.1 Å². The van der Waals surface area contributed by atoms with Crippen LogP contribution < -0.4 is 15.2 Å². The number of nitrogens with zero attached hydrogens (tertiary/aromatic N) is 1. The average molecular weight is 266 g/mol. The van der Waals surface area contributed by atoms with Crippen LogP contribution in [0.1, 0.15) is 0 Å². The highest BCUT2D eigenvalue weighted by atomic mass is 16.5. The van der Waals surface area contributed by atoms with E-state index in [2.05, 4.69) is 4.90 Å². The van der Waals surface area contributed by atoms with Gasteiger partial charge in [0, 0.05) is 19.6 Å². The third-order valence-electron chi connectivity index (χ3n) is 3.33. The number of morpholine rings is 1.